The van der Waals surface area contributed by atoms with Crippen LogP contribution in [0.1, 0.15) is 37.3 Å². The Hall–Kier alpha value is -1.88. The van der Waals surface area contributed by atoms with Gasteiger partial charge in [-0.3, -0.25) is 9.59 Å². The summed E-state index contributed by atoms with van der Waals surface area (Å²) in [6, 6.07) is 6.03. The molecule has 0 heterocycles. The van der Waals surface area contributed by atoms with E-state index >= 15 is 0 Å². The highest BCUT2D eigenvalue weighted by Gasteiger charge is 2.48. The number of carbonyl (C=O) groups excluding carboxylic acids is 2. The molecular formula is C18H26N2O3. The van der Waals surface area contributed by atoms with Crippen molar-refractivity contribution in [3.63, 3.8) is 0 Å². The predicted molar refractivity (Wildman–Crippen MR) is 90.4 cm³/mol. The normalized spacial score (nSPS) is 19.5. The van der Waals surface area contributed by atoms with Crippen molar-refractivity contribution in [1.82, 2.24) is 5.32 Å². The summed E-state index contributed by atoms with van der Waals surface area (Å²) in [5.41, 5.74) is 3.06. The molecule has 1 saturated carbocycles. The number of methoxy groups -OCH3 is 1. The van der Waals surface area contributed by atoms with Crippen LogP contribution >= 0.6 is 0 Å². The Balaban J connectivity index is 1.96. The van der Waals surface area contributed by atoms with Crippen LogP contribution in [0.2, 0.25) is 0 Å². The molecule has 0 aromatic heterocycles. The molecule has 1 aromatic carbocycles. The lowest BCUT2D eigenvalue weighted by Crippen LogP contribution is -2.30. The van der Waals surface area contributed by atoms with Gasteiger partial charge < -0.3 is 15.4 Å². The summed E-state index contributed by atoms with van der Waals surface area (Å²) < 4.78 is 4.90. The van der Waals surface area contributed by atoms with Crippen molar-refractivity contribution in [3.8, 4) is 0 Å². The van der Waals surface area contributed by atoms with Gasteiger partial charge in [0.1, 0.15) is 0 Å². The zero-order valence-electron chi connectivity index (χ0n) is 14.3. The lowest BCUT2D eigenvalue weighted by Gasteiger charge is -2.16. The second-order valence-corrected chi connectivity index (χ2v) is 6.42. The number of amides is 2. The first-order valence-corrected chi connectivity index (χ1v) is 8.12. The van der Waals surface area contributed by atoms with Gasteiger partial charge in [-0.15, -0.1) is 0 Å². The Bertz CT molecular complexity index is 584. The first-order chi connectivity index (χ1) is 11.0. The molecule has 2 rings (SSSR count). The van der Waals surface area contributed by atoms with Crippen LogP contribution in [0.15, 0.2) is 18.2 Å². The first kappa shape index (κ1) is 17.5. The van der Waals surface area contributed by atoms with Gasteiger partial charge in [0.15, 0.2) is 0 Å². The van der Waals surface area contributed by atoms with Crippen molar-refractivity contribution in [2.75, 3.05) is 25.6 Å². The Labute approximate surface area is 137 Å². The Morgan fingerprint density at radius 3 is 2.61 bits per heavy atom. The minimum Gasteiger partial charge on any atom is -0.383 e. The fourth-order valence-electron chi connectivity index (χ4n) is 2.74. The van der Waals surface area contributed by atoms with E-state index in [-0.39, 0.29) is 23.7 Å². The summed E-state index contributed by atoms with van der Waals surface area (Å²) in [7, 11) is 1.59. The molecule has 0 bridgehead atoms. The van der Waals surface area contributed by atoms with Gasteiger partial charge in [0.2, 0.25) is 11.8 Å². The van der Waals surface area contributed by atoms with Crippen molar-refractivity contribution in [1.29, 1.82) is 0 Å². The highest BCUT2D eigenvalue weighted by molar-refractivity contribution is 6.00. The van der Waals surface area contributed by atoms with Crippen molar-refractivity contribution in [3.05, 3.63) is 29.3 Å². The standard InChI is InChI=1S/C18H26N2O3/c1-11(2)13-7-5-6-12(3)16(13)20-18(22)15-10-14(15)17(21)19-8-9-23-4/h5-7,11,14-15H,8-10H2,1-4H3,(H,19,21)(H,20,22). The zero-order chi connectivity index (χ0) is 17.0. The highest BCUT2D eigenvalue weighted by Crippen LogP contribution is 2.40. The van der Waals surface area contributed by atoms with Crippen molar-refractivity contribution >= 4 is 17.5 Å². The van der Waals surface area contributed by atoms with Crippen LogP contribution in [0, 0.1) is 18.8 Å². The molecule has 0 radical (unpaired) electrons. The quantitative estimate of drug-likeness (QED) is 0.759. The number of para-hydroxylation sites is 1. The summed E-state index contributed by atoms with van der Waals surface area (Å²) in [4.78, 5) is 24.4. The number of ether oxygens (including phenoxy) is 1. The average molecular weight is 318 g/mol. The van der Waals surface area contributed by atoms with E-state index in [1.807, 2.05) is 25.1 Å². The summed E-state index contributed by atoms with van der Waals surface area (Å²) in [6.07, 6.45) is 0.619. The van der Waals surface area contributed by atoms with Crippen LogP contribution < -0.4 is 10.6 Å². The lowest BCUT2D eigenvalue weighted by molar-refractivity contribution is -0.125. The third-order valence-corrected chi connectivity index (χ3v) is 4.24. The van der Waals surface area contributed by atoms with Gasteiger partial charge in [0, 0.05) is 19.3 Å². The summed E-state index contributed by atoms with van der Waals surface area (Å²) >= 11 is 0. The van der Waals surface area contributed by atoms with E-state index in [1.165, 1.54) is 0 Å². The molecule has 2 amide bonds. The lowest BCUT2D eigenvalue weighted by atomic mass is 9.98. The minimum absolute atomic E-state index is 0.0592. The molecule has 1 aliphatic carbocycles. The fourth-order valence-corrected chi connectivity index (χ4v) is 2.74. The van der Waals surface area contributed by atoms with Gasteiger partial charge in [0.25, 0.3) is 0 Å². The zero-order valence-corrected chi connectivity index (χ0v) is 14.3. The predicted octanol–water partition coefficient (Wildman–Crippen LogP) is 2.46. The van der Waals surface area contributed by atoms with E-state index in [2.05, 4.69) is 24.5 Å². The molecular weight excluding hydrogens is 292 g/mol. The molecule has 5 heteroatoms. The van der Waals surface area contributed by atoms with Gasteiger partial charge in [-0.2, -0.15) is 0 Å². The minimum atomic E-state index is -0.225. The summed E-state index contributed by atoms with van der Waals surface area (Å²) in [5.74, 6) is -0.225. The molecule has 126 valence electrons. The number of hydrogen-bond acceptors (Lipinski definition) is 3. The topological polar surface area (TPSA) is 67.4 Å². The van der Waals surface area contributed by atoms with Gasteiger partial charge in [0.05, 0.1) is 18.4 Å². The molecule has 1 aliphatic rings. The number of carbonyl (C=O) groups is 2. The summed E-state index contributed by atoms with van der Waals surface area (Å²) in [5, 5.41) is 5.82. The fraction of sp³-hybridized carbons (Fsp3) is 0.556. The Morgan fingerprint density at radius 2 is 1.96 bits per heavy atom. The Kier molecular flexibility index (Phi) is 5.77. The number of rotatable bonds is 7. The van der Waals surface area contributed by atoms with Gasteiger partial charge in [-0.25, -0.2) is 0 Å². The maximum absolute atomic E-state index is 12.4. The molecule has 1 aromatic rings. The molecule has 1 fully saturated rings. The number of nitrogens with one attached hydrogen (secondary N) is 2. The average Bonchev–Trinajstić information content (AvgIpc) is 3.29. The second-order valence-electron chi connectivity index (χ2n) is 6.42. The van der Waals surface area contributed by atoms with Gasteiger partial charge in [-0.1, -0.05) is 32.0 Å². The maximum Gasteiger partial charge on any atom is 0.228 e. The summed E-state index contributed by atoms with van der Waals surface area (Å²) in [6.45, 7) is 7.16. The molecule has 2 atom stereocenters. The van der Waals surface area contributed by atoms with Crippen molar-refractivity contribution in [2.45, 2.75) is 33.1 Å². The second kappa shape index (κ2) is 7.59. The smallest absolute Gasteiger partial charge is 0.228 e. The van der Waals surface area contributed by atoms with Crippen LogP contribution in [0.5, 0.6) is 0 Å². The maximum atomic E-state index is 12.4. The third-order valence-electron chi connectivity index (χ3n) is 4.24. The van der Waals surface area contributed by atoms with E-state index in [1.54, 1.807) is 7.11 Å². The van der Waals surface area contributed by atoms with E-state index in [0.717, 1.165) is 16.8 Å². The van der Waals surface area contributed by atoms with Gasteiger partial charge in [-0.05, 0) is 30.4 Å². The van der Waals surface area contributed by atoms with Crippen molar-refractivity contribution in [2.24, 2.45) is 11.8 Å². The van der Waals surface area contributed by atoms with Crippen LogP contribution in [0.25, 0.3) is 0 Å². The van der Waals surface area contributed by atoms with Crippen molar-refractivity contribution < 1.29 is 14.3 Å². The van der Waals surface area contributed by atoms with E-state index < -0.39 is 0 Å². The number of hydrogen-bond donors (Lipinski definition) is 2. The molecule has 5 nitrogen and oxygen atoms in total. The van der Waals surface area contributed by atoms with Crippen LogP contribution in [0.4, 0.5) is 5.69 Å². The SMILES string of the molecule is COCCNC(=O)C1CC1C(=O)Nc1c(C)cccc1C(C)C. The van der Waals surface area contributed by atoms with Gasteiger partial charge >= 0.3 is 0 Å². The van der Waals surface area contributed by atoms with Crippen LogP contribution in [-0.4, -0.2) is 32.1 Å². The highest BCUT2D eigenvalue weighted by atomic mass is 16.5. The Morgan fingerprint density at radius 1 is 1.26 bits per heavy atom. The van der Waals surface area contributed by atoms with E-state index in [0.29, 0.717) is 25.5 Å². The molecule has 2 unspecified atom stereocenters. The molecule has 0 spiro atoms. The molecule has 23 heavy (non-hydrogen) atoms. The largest absolute Gasteiger partial charge is 0.383 e. The number of anilines is 1. The van der Waals surface area contributed by atoms with E-state index in [9.17, 15) is 9.59 Å². The third kappa shape index (κ3) is 4.32. The number of benzene rings is 1. The van der Waals surface area contributed by atoms with Crippen LogP contribution in [0.3, 0.4) is 0 Å². The molecule has 0 saturated heterocycles. The van der Waals surface area contributed by atoms with E-state index in [4.69, 9.17) is 4.74 Å². The molecule has 2 N–H and O–H groups in total. The van der Waals surface area contributed by atoms with Crippen LogP contribution in [-0.2, 0) is 14.3 Å². The first-order valence-electron chi connectivity index (χ1n) is 8.12. The monoisotopic (exact) mass is 318 g/mol. The molecule has 0 aliphatic heterocycles. The number of aryl methyl sites for hydroxylation is 1.